The van der Waals surface area contributed by atoms with E-state index in [2.05, 4.69) is 0 Å². The van der Waals surface area contributed by atoms with Crippen LogP contribution in [0.3, 0.4) is 0 Å². The summed E-state index contributed by atoms with van der Waals surface area (Å²) in [4.78, 5) is 21.8. The maximum Gasteiger partial charge on any atom is 0.471 e. The number of carbonyl (C=O) groups excluding carboxylic acids is 2. The molecular formula is C14H24F3NO3. The number of ether oxygens (including phenoxy) is 1. The van der Waals surface area contributed by atoms with Crippen LogP contribution in [0.15, 0.2) is 0 Å². The van der Waals surface area contributed by atoms with Crippen LogP contribution < -0.4 is 5.32 Å². The van der Waals surface area contributed by atoms with E-state index in [0.29, 0.717) is 31.8 Å². The van der Waals surface area contributed by atoms with Gasteiger partial charge in [-0.2, -0.15) is 13.2 Å². The van der Waals surface area contributed by atoms with Gasteiger partial charge in [0.05, 0.1) is 6.61 Å². The summed E-state index contributed by atoms with van der Waals surface area (Å²) in [5.41, 5.74) is 0. The third kappa shape index (κ3) is 10.1. The van der Waals surface area contributed by atoms with Gasteiger partial charge in [0, 0.05) is 13.0 Å². The molecule has 1 amide bonds. The highest BCUT2D eigenvalue weighted by atomic mass is 19.4. The number of rotatable bonds is 10. The predicted octanol–water partition coefficient (Wildman–Crippen LogP) is 3.20. The molecule has 4 nitrogen and oxygen atoms in total. The van der Waals surface area contributed by atoms with Crippen LogP contribution in [0.1, 0.15) is 52.4 Å². The van der Waals surface area contributed by atoms with Crippen LogP contribution in [0.4, 0.5) is 13.2 Å². The van der Waals surface area contributed by atoms with Crippen molar-refractivity contribution in [2.24, 2.45) is 5.92 Å². The molecule has 1 unspecified atom stereocenters. The molecule has 1 atom stereocenters. The first kappa shape index (κ1) is 19.7. The number of esters is 1. The molecule has 0 aromatic rings. The van der Waals surface area contributed by atoms with Gasteiger partial charge in [-0.25, -0.2) is 0 Å². The van der Waals surface area contributed by atoms with Gasteiger partial charge in [0.2, 0.25) is 0 Å². The molecule has 0 fully saturated rings. The second-order valence-corrected chi connectivity index (χ2v) is 4.87. The standard InChI is InChI=1S/C14H24F3NO3/c1-3-11(7-5-9-12(19)21-4-2)8-6-10-18-13(20)14(15,16)17/h11H,3-10H2,1-2H3,(H,18,20). The SMILES string of the molecule is CCOC(=O)CCCC(CC)CCCNC(=O)C(F)(F)F. The number of carbonyl (C=O) groups is 2. The fourth-order valence-corrected chi connectivity index (χ4v) is 2.01. The minimum atomic E-state index is -4.82. The Morgan fingerprint density at radius 1 is 1.14 bits per heavy atom. The third-order valence-electron chi connectivity index (χ3n) is 3.21. The Morgan fingerprint density at radius 2 is 1.76 bits per heavy atom. The molecule has 0 spiro atoms. The van der Waals surface area contributed by atoms with E-state index in [1.165, 1.54) is 0 Å². The van der Waals surface area contributed by atoms with Crippen molar-refractivity contribution in [2.45, 2.75) is 58.5 Å². The highest BCUT2D eigenvalue weighted by Gasteiger charge is 2.38. The fraction of sp³-hybridized carbons (Fsp3) is 0.857. The summed E-state index contributed by atoms with van der Waals surface area (Å²) < 4.78 is 40.7. The van der Waals surface area contributed by atoms with Crippen molar-refractivity contribution < 1.29 is 27.5 Å². The lowest BCUT2D eigenvalue weighted by molar-refractivity contribution is -0.173. The zero-order chi connectivity index (χ0) is 16.3. The molecule has 0 aromatic carbocycles. The average molecular weight is 311 g/mol. The molecule has 0 aliphatic rings. The number of alkyl halides is 3. The first-order valence-corrected chi connectivity index (χ1v) is 7.31. The largest absolute Gasteiger partial charge is 0.471 e. The lowest BCUT2D eigenvalue weighted by atomic mass is 9.94. The quantitative estimate of drug-likeness (QED) is 0.498. The number of nitrogens with one attached hydrogen (secondary N) is 1. The second-order valence-electron chi connectivity index (χ2n) is 4.87. The van der Waals surface area contributed by atoms with Crippen molar-refractivity contribution in [3.63, 3.8) is 0 Å². The highest BCUT2D eigenvalue weighted by molar-refractivity contribution is 5.81. The first-order chi connectivity index (χ1) is 9.81. The van der Waals surface area contributed by atoms with Gasteiger partial charge in [-0.3, -0.25) is 9.59 Å². The Bertz CT molecular complexity index is 319. The maximum absolute atomic E-state index is 12.0. The predicted molar refractivity (Wildman–Crippen MR) is 72.6 cm³/mol. The Labute approximate surface area is 123 Å². The zero-order valence-electron chi connectivity index (χ0n) is 12.6. The fourth-order valence-electron chi connectivity index (χ4n) is 2.01. The molecule has 0 radical (unpaired) electrons. The van der Waals surface area contributed by atoms with E-state index in [1.807, 2.05) is 12.2 Å². The Balaban J connectivity index is 3.76. The van der Waals surface area contributed by atoms with E-state index in [1.54, 1.807) is 6.92 Å². The average Bonchev–Trinajstić information content (AvgIpc) is 2.40. The Hall–Kier alpha value is -1.27. The van der Waals surface area contributed by atoms with Crippen molar-refractivity contribution in [2.75, 3.05) is 13.2 Å². The molecule has 0 heterocycles. The molecule has 0 aromatic heterocycles. The van der Waals surface area contributed by atoms with Crippen LogP contribution in [0.25, 0.3) is 0 Å². The molecule has 0 aliphatic heterocycles. The van der Waals surface area contributed by atoms with E-state index in [9.17, 15) is 22.8 Å². The van der Waals surface area contributed by atoms with Gasteiger partial charge in [0.25, 0.3) is 0 Å². The van der Waals surface area contributed by atoms with Gasteiger partial charge in [0.1, 0.15) is 0 Å². The monoisotopic (exact) mass is 311 g/mol. The molecule has 7 heteroatoms. The molecule has 21 heavy (non-hydrogen) atoms. The van der Waals surface area contributed by atoms with Gasteiger partial charge in [-0.15, -0.1) is 0 Å². The van der Waals surface area contributed by atoms with Gasteiger partial charge >= 0.3 is 18.1 Å². The highest BCUT2D eigenvalue weighted by Crippen LogP contribution is 2.19. The summed E-state index contributed by atoms with van der Waals surface area (Å²) in [5.74, 6) is -1.76. The molecule has 0 aliphatic carbocycles. The molecule has 1 N–H and O–H groups in total. The van der Waals surface area contributed by atoms with E-state index in [0.717, 1.165) is 19.3 Å². The van der Waals surface area contributed by atoms with Gasteiger partial charge in [-0.05, 0) is 38.5 Å². The van der Waals surface area contributed by atoms with Gasteiger partial charge in [0.15, 0.2) is 0 Å². The van der Waals surface area contributed by atoms with Gasteiger partial charge in [-0.1, -0.05) is 13.3 Å². The molecule has 0 bridgehead atoms. The van der Waals surface area contributed by atoms with Crippen molar-refractivity contribution in [1.82, 2.24) is 5.32 Å². The van der Waals surface area contributed by atoms with Crippen LogP contribution >= 0.6 is 0 Å². The first-order valence-electron chi connectivity index (χ1n) is 7.31. The number of hydrogen-bond donors (Lipinski definition) is 1. The number of hydrogen-bond acceptors (Lipinski definition) is 3. The Morgan fingerprint density at radius 3 is 2.29 bits per heavy atom. The van der Waals surface area contributed by atoms with Crippen molar-refractivity contribution >= 4 is 11.9 Å². The summed E-state index contributed by atoms with van der Waals surface area (Å²) in [7, 11) is 0. The van der Waals surface area contributed by atoms with Crippen molar-refractivity contribution in [1.29, 1.82) is 0 Å². The van der Waals surface area contributed by atoms with E-state index in [-0.39, 0.29) is 12.5 Å². The molecule has 0 saturated heterocycles. The summed E-state index contributed by atoms with van der Waals surface area (Å²) in [6.45, 7) is 4.15. The van der Waals surface area contributed by atoms with E-state index >= 15 is 0 Å². The Kier molecular flexibility index (Phi) is 9.82. The lowest BCUT2D eigenvalue weighted by Gasteiger charge is -2.15. The minimum Gasteiger partial charge on any atom is -0.466 e. The molecular weight excluding hydrogens is 287 g/mol. The van der Waals surface area contributed by atoms with Crippen molar-refractivity contribution in [3.05, 3.63) is 0 Å². The van der Waals surface area contributed by atoms with Crippen LogP contribution in [0.2, 0.25) is 0 Å². The summed E-state index contributed by atoms with van der Waals surface area (Å²) in [6.07, 6.45) is -0.763. The smallest absolute Gasteiger partial charge is 0.466 e. The van der Waals surface area contributed by atoms with Crippen LogP contribution in [0.5, 0.6) is 0 Å². The molecule has 0 saturated carbocycles. The normalized spacial score (nSPS) is 12.8. The lowest BCUT2D eigenvalue weighted by Crippen LogP contribution is -2.37. The zero-order valence-corrected chi connectivity index (χ0v) is 12.6. The number of halogens is 3. The third-order valence-corrected chi connectivity index (χ3v) is 3.21. The molecule has 0 rings (SSSR count). The minimum absolute atomic E-state index is 0.0206. The number of amides is 1. The van der Waals surface area contributed by atoms with Gasteiger partial charge < -0.3 is 10.1 Å². The van der Waals surface area contributed by atoms with Crippen LogP contribution in [-0.4, -0.2) is 31.2 Å². The van der Waals surface area contributed by atoms with Crippen molar-refractivity contribution in [3.8, 4) is 0 Å². The van der Waals surface area contributed by atoms with Crippen LogP contribution in [0, 0.1) is 5.92 Å². The molecule has 124 valence electrons. The van der Waals surface area contributed by atoms with E-state index in [4.69, 9.17) is 4.74 Å². The second kappa shape index (κ2) is 10.5. The van der Waals surface area contributed by atoms with Crippen LogP contribution in [-0.2, 0) is 14.3 Å². The van der Waals surface area contributed by atoms with E-state index < -0.39 is 12.1 Å². The summed E-state index contributed by atoms with van der Waals surface area (Å²) in [5, 5.41) is 1.86. The summed E-state index contributed by atoms with van der Waals surface area (Å²) in [6, 6.07) is 0. The maximum atomic E-state index is 12.0. The topological polar surface area (TPSA) is 55.4 Å². The summed E-state index contributed by atoms with van der Waals surface area (Å²) >= 11 is 0.